The molecule has 0 bridgehead atoms. The second-order valence-corrected chi connectivity index (χ2v) is 3.84. The number of nitrogens with one attached hydrogen (secondary N) is 1. The molecule has 1 saturated heterocycles. The second kappa shape index (κ2) is 7.21. The van der Waals surface area contributed by atoms with Gasteiger partial charge in [-0.3, -0.25) is 0 Å². The molecule has 2 unspecified atom stereocenters. The lowest BCUT2D eigenvalue weighted by molar-refractivity contribution is 0.0854. The van der Waals surface area contributed by atoms with Gasteiger partial charge in [-0.05, 0) is 39.7 Å². The first-order valence-electron chi connectivity index (χ1n) is 5.73. The van der Waals surface area contributed by atoms with Crippen LogP contribution in [0.4, 0.5) is 0 Å². The van der Waals surface area contributed by atoms with Crippen molar-refractivity contribution < 1.29 is 9.47 Å². The fourth-order valence-electron chi connectivity index (χ4n) is 1.90. The summed E-state index contributed by atoms with van der Waals surface area (Å²) in [7, 11) is 2.02. The SMILES string of the molecule is CCOCCC(CC1CCCO1)NC. The van der Waals surface area contributed by atoms with Crippen molar-refractivity contribution in [3.63, 3.8) is 0 Å². The van der Waals surface area contributed by atoms with Crippen LogP contribution in [-0.4, -0.2) is 39.0 Å². The summed E-state index contributed by atoms with van der Waals surface area (Å²) in [5.74, 6) is 0. The molecule has 0 radical (unpaired) electrons. The average molecular weight is 201 g/mol. The van der Waals surface area contributed by atoms with Crippen molar-refractivity contribution in [3.8, 4) is 0 Å². The van der Waals surface area contributed by atoms with Crippen LogP contribution >= 0.6 is 0 Å². The first kappa shape index (κ1) is 12.0. The van der Waals surface area contributed by atoms with E-state index >= 15 is 0 Å². The van der Waals surface area contributed by atoms with Crippen LogP contribution in [0.2, 0.25) is 0 Å². The Morgan fingerprint density at radius 3 is 3.00 bits per heavy atom. The molecule has 1 rings (SSSR count). The molecule has 1 fully saturated rings. The number of hydrogen-bond donors (Lipinski definition) is 1. The molecular formula is C11H23NO2. The maximum atomic E-state index is 5.61. The Labute approximate surface area is 87.2 Å². The average Bonchev–Trinajstić information content (AvgIpc) is 2.69. The van der Waals surface area contributed by atoms with Crippen LogP contribution in [0.3, 0.4) is 0 Å². The molecule has 14 heavy (non-hydrogen) atoms. The van der Waals surface area contributed by atoms with Gasteiger partial charge in [-0.25, -0.2) is 0 Å². The Balaban J connectivity index is 2.10. The van der Waals surface area contributed by atoms with Gasteiger partial charge in [0.2, 0.25) is 0 Å². The van der Waals surface area contributed by atoms with Gasteiger partial charge in [0.1, 0.15) is 0 Å². The highest BCUT2D eigenvalue weighted by atomic mass is 16.5. The first-order chi connectivity index (χ1) is 6.86. The van der Waals surface area contributed by atoms with Crippen LogP contribution < -0.4 is 5.32 Å². The highest BCUT2D eigenvalue weighted by molar-refractivity contribution is 4.73. The van der Waals surface area contributed by atoms with Gasteiger partial charge in [0.05, 0.1) is 6.10 Å². The second-order valence-electron chi connectivity index (χ2n) is 3.84. The lowest BCUT2D eigenvalue weighted by atomic mass is 10.0. The molecule has 0 aliphatic carbocycles. The van der Waals surface area contributed by atoms with Crippen LogP contribution in [0.25, 0.3) is 0 Å². The Hall–Kier alpha value is -0.120. The van der Waals surface area contributed by atoms with E-state index in [1.807, 2.05) is 14.0 Å². The van der Waals surface area contributed by atoms with Gasteiger partial charge in [0.25, 0.3) is 0 Å². The monoisotopic (exact) mass is 201 g/mol. The van der Waals surface area contributed by atoms with E-state index in [9.17, 15) is 0 Å². The first-order valence-corrected chi connectivity index (χ1v) is 5.73. The molecule has 3 heteroatoms. The summed E-state index contributed by atoms with van der Waals surface area (Å²) in [5, 5.41) is 3.33. The Kier molecular flexibility index (Phi) is 6.15. The summed E-state index contributed by atoms with van der Waals surface area (Å²) in [5.41, 5.74) is 0. The number of rotatable bonds is 7. The molecule has 2 atom stereocenters. The highest BCUT2D eigenvalue weighted by Gasteiger charge is 2.19. The molecule has 1 aliphatic heterocycles. The molecule has 0 spiro atoms. The third-order valence-corrected chi connectivity index (χ3v) is 2.79. The van der Waals surface area contributed by atoms with Crippen LogP contribution in [-0.2, 0) is 9.47 Å². The van der Waals surface area contributed by atoms with E-state index in [1.165, 1.54) is 12.8 Å². The smallest absolute Gasteiger partial charge is 0.0590 e. The summed E-state index contributed by atoms with van der Waals surface area (Å²) in [4.78, 5) is 0. The largest absolute Gasteiger partial charge is 0.382 e. The van der Waals surface area contributed by atoms with Gasteiger partial charge in [-0.1, -0.05) is 0 Å². The molecule has 1 aliphatic rings. The minimum Gasteiger partial charge on any atom is -0.382 e. The van der Waals surface area contributed by atoms with Crippen molar-refractivity contribution >= 4 is 0 Å². The van der Waals surface area contributed by atoms with E-state index in [0.29, 0.717) is 12.1 Å². The Bertz CT molecular complexity index is 135. The fraction of sp³-hybridized carbons (Fsp3) is 1.00. The summed E-state index contributed by atoms with van der Waals surface area (Å²) in [6.07, 6.45) is 5.15. The predicted molar refractivity (Wildman–Crippen MR) is 57.5 cm³/mol. The quantitative estimate of drug-likeness (QED) is 0.634. The van der Waals surface area contributed by atoms with E-state index < -0.39 is 0 Å². The number of hydrogen-bond acceptors (Lipinski definition) is 3. The molecule has 0 aromatic carbocycles. The van der Waals surface area contributed by atoms with Crippen LogP contribution in [0, 0.1) is 0 Å². The summed E-state index contributed by atoms with van der Waals surface area (Å²) < 4.78 is 11.0. The van der Waals surface area contributed by atoms with Crippen LogP contribution in [0.5, 0.6) is 0 Å². The van der Waals surface area contributed by atoms with Gasteiger partial charge < -0.3 is 14.8 Å². The topological polar surface area (TPSA) is 30.5 Å². The Morgan fingerprint density at radius 1 is 1.57 bits per heavy atom. The van der Waals surface area contributed by atoms with Crippen molar-refractivity contribution in [3.05, 3.63) is 0 Å². The van der Waals surface area contributed by atoms with E-state index in [4.69, 9.17) is 9.47 Å². The molecule has 1 N–H and O–H groups in total. The van der Waals surface area contributed by atoms with Gasteiger partial charge in [-0.15, -0.1) is 0 Å². The summed E-state index contributed by atoms with van der Waals surface area (Å²) in [6, 6.07) is 0.546. The van der Waals surface area contributed by atoms with E-state index in [2.05, 4.69) is 5.32 Å². The van der Waals surface area contributed by atoms with E-state index in [-0.39, 0.29) is 0 Å². The molecule has 84 valence electrons. The van der Waals surface area contributed by atoms with Crippen molar-refractivity contribution in [2.75, 3.05) is 26.9 Å². The van der Waals surface area contributed by atoms with Gasteiger partial charge in [0.15, 0.2) is 0 Å². The zero-order chi connectivity index (χ0) is 10.2. The van der Waals surface area contributed by atoms with E-state index in [1.54, 1.807) is 0 Å². The van der Waals surface area contributed by atoms with Crippen molar-refractivity contribution in [1.29, 1.82) is 0 Å². The minimum atomic E-state index is 0.481. The van der Waals surface area contributed by atoms with Crippen molar-refractivity contribution in [2.24, 2.45) is 0 Å². The minimum absolute atomic E-state index is 0.481. The zero-order valence-electron chi connectivity index (χ0n) is 9.42. The Morgan fingerprint density at radius 2 is 2.43 bits per heavy atom. The normalized spacial score (nSPS) is 24.0. The zero-order valence-corrected chi connectivity index (χ0v) is 9.42. The molecular weight excluding hydrogens is 178 g/mol. The lowest BCUT2D eigenvalue weighted by Gasteiger charge is -2.19. The molecule has 1 heterocycles. The molecule has 0 amide bonds. The maximum absolute atomic E-state index is 5.61. The maximum Gasteiger partial charge on any atom is 0.0590 e. The third kappa shape index (κ3) is 4.40. The summed E-state index contributed by atoms with van der Waals surface area (Å²) >= 11 is 0. The number of ether oxygens (including phenoxy) is 2. The lowest BCUT2D eigenvalue weighted by Crippen LogP contribution is -2.30. The van der Waals surface area contributed by atoms with Crippen molar-refractivity contribution in [2.45, 2.75) is 44.8 Å². The molecule has 0 saturated carbocycles. The van der Waals surface area contributed by atoms with Gasteiger partial charge in [0, 0.05) is 25.9 Å². The van der Waals surface area contributed by atoms with Gasteiger partial charge >= 0.3 is 0 Å². The van der Waals surface area contributed by atoms with Crippen LogP contribution in [0.15, 0.2) is 0 Å². The summed E-state index contributed by atoms with van der Waals surface area (Å²) in [6.45, 7) is 4.66. The predicted octanol–water partition coefficient (Wildman–Crippen LogP) is 1.57. The molecule has 0 aromatic heterocycles. The molecule has 3 nitrogen and oxygen atoms in total. The van der Waals surface area contributed by atoms with Crippen molar-refractivity contribution in [1.82, 2.24) is 5.32 Å². The van der Waals surface area contributed by atoms with E-state index in [0.717, 1.165) is 32.7 Å². The molecule has 0 aromatic rings. The third-order valence-electron chi connectivity index (χ3n) is 2.79. The standard InChI is InChI=1S/C11H23NO2/c1-3-13-8-6-10(12-2)9-11-5-4-7-14-11/h10-12H,3-9H2,1-2H3. The van der Waals surface area contributed by atoms with Crippen LogP contribution in [0.1, 0.15) is 32.6 Å². The highest BCUT2D eigenvalue weighted by Crippen LogP contribution is 2.17. The van der Waals surface area contributed by atoms with Gasteiger partial charge in [-0.2, -0.15) is 0 Å². The fourth-order valence-corrected chi connectivity index (χ4v) is 1.90.